The third-order valence-corrected chi connectivity index (χ3v) is 3.32. The Morgan fingerprint density at radius 1 is 1.10 bits per heavy atom. The zero-order valence-corrected chi connectivity index (χ0v) is 11.3. The molecule has 2 aromatic carbocycles. The van der Waals surface area contributed by atoms with Gasteiger partial charge in [0.25, 0.3) is 0 Å². The van der Waals surface area contributed by atoms with Crippen LogP contribution in [0.15, 0.2) is 52.9 Å². The Balaban J connectivity index is 2.07. The third kappa shape index (κ3) is 2.45. The lowest BCUT2D eigenvalue weighted by atomic mass is 10.0. The molecule has 0 aliphatic carbocycles. The van der Waals surface area contributed by atoms with Gasteiger partial charge in [0.15, 0.2) is 0 Å². The third-order valence-electron chi connectivity index (χ3n) is 3.32. The zero-order chi connectivity index (χ0) is 13.9. The van der Waals surface area contributed by atoms with Crippen LogP contribution in [-0.2, 0) is 6.54 Å². The van der Waals surface area contributed by atoms with Crippen LogP contribution in [0.3, 0.4) is 0 Å². The molecule has 0 bridgehead atoms. The van der Waals surface area contributed by atoms with E-state index in [1.54, 1.807) is 12.1 Å². The zero-order valence-electron chi connectivity index (χ0n) is 11.3. The quantitative estimate of drug-likeness (QED) is 0.761. The minimum absolute atomic E-state index is 0.224. The SMILES string of the molecule is CCNCc1cc(F)ccc1-c1cc2ccccc2o1. The predicted octanol–water partition coefficient (Wildman–Crippen LogP) is 4.35. The number of fused-ring (bicyclic) bond motifs is 1. The molecule has 0 aliphatic rings. The summed E-state index contributed by atoms with van der Waals surface area (Å²) in [5.74, 6) is 0.553. The first-order valence-corrected chi connectivity index (χ1v) is 6.76. The molecule has 20 heavy (non-hydrogen) atoms. The average Bonchev–Trinajstić information content (AvgIpc) is 2.88. The Hall–Kier alpha value is -2.13. The van der Waals surface area contributed by atoms with E-state index in [-0.39, 0.29) is 5.82 Å². The van der Waals surface area contributed by atoms with Gasteiger partial charge in [-0.25, -0.2) is 4.39 Å². The maximum atomic E-state index is 13.4. The summed E-state index contributed by atoms with van der Waals surface area (Å²) in [6, 6.07) is 14.7. The van der Waals surface area contributed by atoms with Crippen molar-refractivity contribution in [2.45, 2.75) is 13.5 Å². The molecule has 3 rings (SSSR count). The summed E-state index contributed by atoms with van der Waals surface area (Å²) in [6.45, 7) is 3.50. The highest BCUT2D eigenvalue weighted by Gasteiger charge is 2.11. The van der Waals surface area contributed by atoms with Gasteiger partial charge in [-0.05, 0) is 42.4 Å². The van der Waals surface area contributed by atoms with Gasteiger partial charge in [0, 0.05) is 17.5 Å². The van der Waals surface area contributed by atoms with E-state index in [1.165, 1.54) is 6.07 Å². The minimum Gasteiger partial charge on any atom is -0.456 e. The fraction of sp³-hybridized carbons (Fsp3) is 0.176. The molecular formula is C17H16FNO. The van der Waals surface area contributed by atoms with Crippen LogP contribution >= 0.6 is 0 Å². The topological polar surface area (TPSA) is 25.2 Å². The minimum atomic E-state index is -0.224. The van der Waals surface area contributed by atoms with E-state index < -0.39 is 0 Å². The van der Waals surface area contributed by atoms with E-state index in [9.17, 15) is 4.39 Å². The average molecular weight is 269 g/mol. The number of hydrogen-bond donors (Lipinski definition) is 1. The normalized spacial score (nSPS) is 11.1. The molecule has 0 aliphatic heterocycles. The maximum absolute atomic E-state index is 13.4. The Morgan fingerprint density at radius 3 is 2.75 bits per heavy atom. The molecular weight excluding hydrogens is 253 g/mol. The molecule has 0 atom stereocenters. The van der Waals surface area contributed by atoms with Gasteiger partial charge < -0.3 is 9.73 Å². The van der Waals surface area contributed by atoms with Crippen molar-refractivity contribution in [1.29, 1.82) is 0 Å². The molecule has 3 aromatic rings. The Bertz CT molecular complexity index is 700. The van der Waals surface area contributed by atoms with Crippen LogP contribution in [0, 0.1) is 5.82 Å². The number of halogens is 1. The Kier molecular flexibility index (Phi) is 3.52. The Morgan fingerprint density at radius 2 is 1.95 bits per heavy atom. The first-order chi connectivity index (χ1) is 9.78. The summed E-state index contributed by atoms with van der Waals surface area (Å²) >= 11 is 0. The predicted molar refractivity (Wildman–Crippen MR) is 79.0 cm³/mol. The Labute approximate surface area is 117 Å². The summed E-state index contributed by atoms with van der Waals surface area (Å²) in [6.07, 6.45) is 0. The summed E-state index contributed by atoms with van der Waals surface area (Å²) < 4.78 is 19.3. The number of rotatable bonds is 4. The van der Waals surface area contributed by atoms with E-state index in [0.717, 1.165) is 34.4 Å². The second-order valence-corrected chi connectivity index (χ2v) is 4.73. The van der Waals surface area contributed by atoms with Gasteiger partial charge in [0.1, 0.15) is 17.2 Å². The van der Waals surface area contributed by atoms with Crippen molar-refractivity contribution in [2.24, 2.45) is 0 Å². The monoisotopic (exact) mass is 269 g/mol. The molecule has 1 heterocycles. The van der Waals surface area contributed by atoms with Crippen molar-refractivity contribution in [3.63, 3.8) is 0 Å². The van der Waals surface area contributed by atoms with Gasteiger partial charge in [-0.3, -0.25) is 0 Å². The van der Waals surface area contributed by atoms with Crippen molar-refractivity contribution >= 4 is 11.0 Å². The first kappa shape index (κ1) is 12.9. The molecule has 102 valence electrons. The second-order valence-electron chi connectivity index (χ2n) is 4.73. The summed E-state index contributed by atoms with van der Waals surface area (Å²) in [5.41, 5.74) is 2.69. The van der Waals surface area contributed by atoms with Crippen LogP contribution in [0.1, 0.15) is 12.5 Å². The van der Waals surface area contributed by atoms with E-state index in [4.69, 9.17) is 4.42 Å². The smallest absolute Gasteiger partial charge is 0.135 e. The molecule has 0 saturated carbocycles. The molecule has 3 heteroatoms. The lowest BCUT2D eigenvalue weighted by molar-refractivity contribution is 0.615. The highest BCUT2D eigenvalue weighted by Crippen LogP contribution is 2.30. The van der Waals surface area contributed by atoms with Crippen LogP contribution in [-0.4, -0.2) is 6.54 Å². The number of furan rings is 1. The largest absolute Gasteiger partial charge is 0.456 e. The van der Waals surface area contributed by atoms with E-state index in [2.05, 4.69) is 5.32 Å². The van der Waals surface area contributed by atoms with E-state index in [1.807, 2.05) is 37.3 Å². The summed E-state index contributed by atoms with van der Waals surface area (Å²) in [7, 11) is 0. The number of para-hydroxylation sites is 1. The molecule has 0 amide bonds. The van der Waals surface area contributed by atoms with Gasteiger partial charge in [0.2, 0.25) is 0 Å². The number of hydrogen-bond acceptors (Lipinski definition) is 2. The fourth-order valence-corrected chi connectivity index (χ4v) is 2.32. The highest BCUT2D eigenvalue weighted by molar-refractivity contribution is 5.83. The molecule has 0 saturated heterocycles. The molecule has 1 aromatic heterocycles. The van der Waals surface area contributed by atoms with E-state index in [0.29, 0.717) is 6.54 Å². The maximum Gasteiger partial charge on any atom is 0.135 e. The van der Waals surface area contributed by atoms with Crippen LogP contribution in [0.5, 0.6) is 0 Å². The van der Waals surface area contributed by atoms with Crippen molar-refractivity contribution < 1.29 is 8.81 Å². The van der Waals surface area contributed by atoms with Crippen molar-refractivity contribution in [3.8, 4) is 11.3 Å². The van der Waals surface area contributed by atoms with Gasteiger partial charge in [-0.2, -0.15) is 0 Å². The number of nitrogens with one attached hydrogen (secondary N) is 1. The van der Waals surface area contributed by atoms with Crippen LogP contribution in [0.2, 0.25) is 0 Å². The second kappa shape index (κ2) is 5.47. The van der Waals surface area contributed by atoms with Gasteiger partial charge in [-0.15, -0.1) is 0 Å². The van der Waals surface area contributed by atoms with Crippen molar-refractivity contribution in [3.05, 3.63) is 59.9 Å². The lowest BCUT2D eigenvalue weighted by Gasteiger charge is -2.08. The van der Waals surface area contributed by atoms with Gasteiger partial charge >= 0.3 is 0 Å². The van der Waals surface area contributed by atoms with Crippen LogP contribution in [0.4, 0.5) is 4.39 Å². The highest BCUT2D eigenvalue weighted by atomic mass is 19.1. The molecule has 0 radical (unpaired) electrons. The molecule has 2 nitrogen and oxygen atoms in total. The van der Waals surface area contributed by atoms with E-state index >= 15 is 0 Å². The van der Waals surface area contributed by atoms with Crippen LogP contribution in [0.25, 0.3) is 22.3 Å². The van der Waals surface area contributed by atoms with Crippen LogP contribution < -0.4 is 5.32 Å². The fourth-order valence-electron chi connectivity index (χ4n) is 2.32. The molecule has 1 N–H and O–H groups in total. The molecule has 0 spiro atoms. The first-order valence-electron chi connectivity index (χ1n) is 6.76. The lowest BCUT2D eigenvalue weighted by Crippen LogP contribution is -2.12. The molecule has 0 fully saturated rings. The number of benzene rings is 2. The summed E-state index contributed by atoms with van der Waals surface area (Å²) in [4.78, 5) is 0. The standard InChI is InChI=1S/C17H16FNO/c1-2-19-11-13-9-14(18)7-8-15(13)17-10-12-5-3-4-6-16(12)20-17/h3-10,19H,2,11H2,1H3. The van der Waals surface area contributed by atoms with Gasteiger partial charge in [0.05, 0.1) is 0 Å². The van der Waals surface area contributed by atoms with Gasteiger partial charge in [-0.1, -0.05) is 25.1 Å². The molecule has 0 unspecified atom stereocenters. The van der Waals surface area contributed by atoms with Crippen molar-refractivity contribution in [2.75, 3.05) is 6.54 Å². The van der Waals surface area contributed by atoms with Crippen molar-refractivity contribution in [1.82, 2.24) is 5.32 Å². The summed E-state index contributed by atoms with van der Waals surface area (Å²) in [5, 5.41) is 4.28.